The summed E-state index contributed by atoms with van der Waals surface area (Å²) in [6.45, 7) is 3.64. The second kappa shape index (κ2) is 4.07. The van der Waals surface area contributed by atoms with Crippen molar-refractivity contribution < 1.29 is 9.13 Å². The number of rotatable bonds is 3. The topological polar surface area (TPSA) is 22.1 Å². The summed E-state index contributed by atoms with van der Waals surface area (Å²) in [6, 6.07) is 2.69. The Balaban J connectivity index is 2.53. The van der Waals surface area contributed by atoms with Crippen molar-refractivity contribution in [3.05, 3.63) is 35.9 Å². The molecule has 0 aromatic carbocycles. The molecule has 4 heteroatoms. The summed E-state index contributed by atoms with van der Waals surface area (Å²) in [4.78, 5) is 3.39. The highest BCUT2D eigenvalue weighted by atomic mass is 35.5. The van der Waals surface area contributed by atoms with Crippen LogP contribution in [0.4, 0.5) is 4.39 Å². The van der Waals surface area contributed by atoms with Crippen LogP contribution in [0.1, 0.15) is 0 Å². The molecule has 0 aliphatic carbocycles. The molecule has 0 amide bonds. The van der Waals surface area contributed by atoms with Gasteiger partial charge < -0.3 is 4.74 Å². The van der Waals surface area contributed by atoms with Crippen LogP contribution in [0.15, 0.2) is 29.9 Å². The first-order chi connectivity index (χ1) is 5.68. The van der Waals surface area contributed by atoms with Crippen molar-refractivity contribution >= 4 is 11.6 Å². The molecule has 0 saturated heterocycles. The van der Waals surface area contributed by atoms with E-state index in [0.29, 0.717) is 10.8 Å². The maximum absolute atomic E-state index is 12.3. The molecule has 0 unspecified atom stereocenters. The number of ether oxygens (including phenoxy) is 1. The molecule has 2 nitrogen and oxygen atoms in total. The molecule has 12 heavy (non-hydrogen) atoms. The average Bonchev–Trinajstić information content (AvgIpc) is 2.03. The van der Waals surface area contributed by atoms with Gasteiger partial charge in [0, 0.05) is 5.03 Å². The standard InChI is InChI=1S/C8H7ClFNO/c1-6(9)5-12-7-2-3-8(10)11-4-7/h2-4H,1,5H2. The summed E-state index contributed by atoms with van der Waals surface area (Å²) in [5, 5.41) is 0.388. The van der Waals surface area contributed by atoms with E-state index in [-0.39, 0.29) is 6.61 Å². The van der Waals surface area contributed by atoms with Gasteiger partial charge in [0.2, 0.25) is 5.95 Å². The van der Waals surface area contributed by atoms with E-state index in [2.05, 4.69) is 11.6 Å². The number of halogens is 2. The summed E-state index contributed by atoms with van der Waals surface area (Å²) in [6.07, 6.45) is 1.29. The van der Waals surface area contributed by atoms with Gasteiger partial charge in [-0.05, 0) is 12.1 Å². The summed E-state index contributed by atoms with van der Waals surface area (Å²) >= 11 is 5.45. The summed E-state index contributed by atoms with van der Waals surface area (Å²) in [5.74, 6) is -0.0646. The van der Waals surface area contributed by atoms with E-state index >= 15 is 0 Å². The Morgan fingerprint density at radius 1 is 1.67 bits per heavy atom. The first-order valence-electron chi connectivity index (χ1n) is 3.26. The summed E-state index contributed by atoms with van der Waals surface area (Å²) < 4.78 is 17.3. The highest BCUT2D eigenvalue weighted by Gasteiger charge is 1.95. The lowest BCUT2D eigenvalue weighted by Crippen LogP contribution is -1.96. The molecule has 0 bridgehead atoms. The van der Waals surface area contributed by atoms with Crippen molar-refractivity contribution in [1.29, 1.82) is 0 Å². The Morgan fingerprint density at radius 3 is 2.92 bits per heavy atom. The molecule has 0 radical (unpaired) electrons. The molecule has 1 rings (SSSR count). The van der Waals surface area contributed by atoms with Gasteiger partial charge in [-0.15, -0.1) is 0 Å². The lowest BCUT2D eigenvalue weighted by atomic mass is 10.4. The fourth-order valence-electron chi connectivity index (χ4n) is 0.609. The van der Waals surface area contributed by atoms with E-state index in [1.165, 1.54) is 18.3 Å². The van der Waals surface area contributed by atoms with Crippen molar-refractivity contribution in [2.45, 2.75) is 0 Å². The number of hydrogen-bond acceptors (Lipinski definition) is 2. The normalized spacial score (nSPS) is 9.50. The van der Waals surface area contributed by atoms with Gasteiger partial charge in [0.15, 0.2) is 0 Å². The Kier molecular flexibility index (Phi) is 3.05. The molecule has 0 N–H and O–H groups in total. The van der Waals surface area contributed by atoms with E-state index in [9.17, 15) is 4.39 Å². The Hall–Kier alpha value is -1.09. The summed E-state index contributed by atoms with van der Waals surface area (Å²) in [7, 11) is 0. The molecule has 0 aliphatic heterocycles. The minimum Gasteiger partial charge on any atom is -0.486 e. The maximum Gasteiger partial charge on any atom is 0.213 e. The predicted molar refractivity (Wildman–Crippen MR) is 44.7 cm³/mol. The number of hydrogen-bond donors (Lipinski definition) is 0. The fraction of sp³-hybridized carbons (Fsp3) is 0.125. The Labute approximate surface area is 74.6 Å². The third-order valence-electron chi connectivity index (χ3n) is 1.10. The molecule has 0 spiro atoms. The van der Waals surface area contributed by atoms with Crippen LogP contribution in [0.2, 0.25) is 0 Å². The van der Waals surface area contributed by atoms with E-state index in [0.717, 1.165) is 0 Å². The van der Waals surface area contributed by atoms with Gasteiger partial charge in [-0.3, -0.25) is 0 Å². The molecule has 0 atom stereocenters. The quantitative estimate of drug-likeness (QED) is 0.678. The van der Waals surface area contributed by atoms with Crippen molar-refractivity contribution in [3.8, 4) is 5.75 Å². The highest BCUT2D eigenvalue weighted by Crippen LogP contribution is 2.09. The Bertz CT molecular complexity index is 273. The van der Waals surface area contributed by atoms with Gasteiger partial charge in [0.1, 0.15) is 12.4 Å². The van der Waals surface area contributed by atoms with Crippen LogP contribution < -0.4 is 4.74 Å². The van der Waals surface area contributed by atoms with Gasteiger partial charge in [-0.2, -0.15) is 4.39 Å². The minimum absolute atomic E-state index is 0.203. The third kappa shape index (κ3) is 2.88. The second-order valence-corrected chi connectivity index (χ2v) is 2.66. The van der Waals surface area contributed by atoms with Gasteiger partial charge in [0.05, 0.1) is 6.20 Å². The second-order valence-electron chi connectivity index (χ2n) is 2.12. The number of nitrogens with zero attached hydrogens (tertiary/aromatic N) is 1. The van der Waals surface area contributed by atoms with E-state index in [4.69, 9.17) is 16.3 Å². The Morgan fingerprint density at radius 2 is 2.42 bits per heavy atom. The van der Waals surface area contributed by atoms with Crippen molar-refractivity contribution in [3.63, 3.8) is 0 Å². The SMILES string of the molecule is C=C(Cl)COc1ccc(F)nc1. The molecular weight excluding hydrogens is 181 g/mol. The fourth-order valence-corrected chi connectivity index (χ4v) is 0.664. The average molecular weight is 188 g/mol. The molecule has 1 aromatic heterocycles. The number of aromatic nitrogens is 1. The molecule has 1 aromatic rings. The maximum atomic E-state index is 12.3. The van der Waals surface area contributed by atoms with Gasteiger partial charge >= 0.3 is 0 Å². The summed E-state index contributed by atoms with van der Waals surface area (Å²) in [5.41, 5.74) is 0. The van der Waals surface area contributed by atoms with E-state index in [1.807, 2.05) is 0 Å². The van der Waals surface area contributed by atoms with Gasteiger partial charge in [0.25, 0.3) is 0 Å². The highest BCUT2D eigenvalue weighted by molar-refractivity contribution is 6.29. The van der Waals surface area contributed by atoms with E-state index in [1.54, 1.807) is 0 Å². The first-order valence-corrected chi connectivity index (χ1v) is 3.64. The minimum atomic E-state index is -0.535. The zero-order valence-electron chi connectivity index (χ0n) is 6.26. The smallest absolute Gasteiger partial charge is 0.213 e. The van der Waals surface area contributed by atoms with Crippen molar-refractivity contribution in [2.75, 3.05) is 6.61 Å². The largest absolute Gasteiger partial charge is 0.486 e. The monoisotopic (exact) mass is 187 g/mol. The zero-order chi connectivity index (χ0) is 8.97. The van der Waals surface area contributed by atoms with Crippen LogP contribution in [0.3, 0.4) is 0 Å². The van der Waals surface area contributed by atoms with Gasteiger partial charge in [-0.25, -0.2) is 4.98 Å². The zero-order valence-corrected chi connectivity index (χ0v) is 7.01. The van der Waals surface area contributed by atoms with Crippen LogP contribution in [0.25, 0.3) is 0 Å². The van der Waals surface area contributed by atoms with Crippen molar-refractivity contribution in [1.82, 2.24) is 4.98 Å². The number of pyridine rings is 1. The van der Waals surface area contributed by atoms with Crippen LogP contribution in [-0.2, 0) is 0 Å². The molecular formula is C8H7ClFNO. The molecule has 0 fully saturated rings. The lowest BCUT2D eigenvalue weighted by molar-refractivity contribution is 0.356. The van der Waals surface area contributed by atoms with Crippen LogP contribution in [0, 0.1) is 5.95 Å². The van der Waals surface area contributed by atoms with Crippen LogP contribution in [0.5, 0.6) is 5.75 Å². The predicted octanol–water partition coefficient (Wildman–Crippen LogP) is 2.35. The molecule has 0 saturated carbocycles. The van der Waals surface area contributed by atoms with Gasteiger partial charge in [-0.1, -0.05) is 18.2 Å². The molecule has 64 valence electrons. The first kappa shape index (κ1) is 9.00. The van der Waals surface area contributed by atoms with Crippen LogP contribution in [-0.4, -0.2) is 11.6 Å². The van der Waals surface area contributed by atoms with E-state index < -0.39 is 5.95 Å². The lowest BCUT2D eigenvalue weighted by Gasteiger charge is -2.02. The van der Waals surface area contributed by atoms with Crippen molar-refractivity contribution in [2.24, 2.45) is 0 Å². The van der Waals surface area contributed by atoms with Crippen LogP contribution >= 0.6 is 11.6 Å². The molecule has 0 aliphatic rings. The molecule has 1 heterocycles. The third-order valence-corrected chi connectivity index (χ3v) is 1.20.